The summed E-state index contributed by atoms with van der Waals surface area (Å²) in [6.07, 6.45) is 9.58. The van der Waals surface area contributed by atoms with E-state index in [-0.39, 0.29) is 0 Å². The maximum absolute atomic E-state index is 10.7. The summed E-state index contributed by atoms with van der Waals surface area (Å²) >= 11 is 0. The van der Waals surface area contributed by atoms with Crippen molar-refractivity contribution in [2.24, 2.45) is 11.3 Å². The van der Waals surface area contributed by atoms with Crippen molar-refractivity contribution in [1.82, 2.24) is 0 Å². The number of anilines is 1. The lowest BCUT2D eigenvalue weighted by molar-refractivity contribution is -0.109. The number of carbonyl (C=O) groups excluding carboxylic acids is 1. The molecule has 2 fully saturated rings. The molecule has 1 aliphatic carbocycles. The average Bonchev–Trinajstić information content (AvgIpc) is 2.57. The van der Waals surface area contributed by atoms with Crippen LogP contribution in [0.3, 0.4) is 0 Å². The monoisotopic (exact) mass is 315 g/mol. The number of methoxy groups -OCH3 is 1. The number of piperidine rings is 1. The van der Waals surface area contributed by atoms with Gasteiger partial charge >= 0.3 is 0 Å². The molecule has 0 unspecified atom stereocenters. The number of rotatable bonds is 4. The van der Waals surface area contributed by atoms with Gasteiger partial charge in [-0.3, -0.25) is 0 Å². The van der Waals surface area contributed by atoms with Crippen LogP contribution in [-0.2, 0) is 4.79 Å². The normalized spacial score (nSPS) is 21.4. The Labute approximate surface area is 140 Å². The van der Waals surface area contributed by atoms with E-state index in [9.17, 15) is 4.79 Å². The highest BCUT2D eigenvalue weighted by Crippen LogP contribution is 2.47. The van der Waals surface area contributed by atoms with Crippen molar-refractivity contribution < 1.29 is 9.53 Å². The van der Waals surface area contributed by atoms with Crippen molar-refractivity contribution in [3.05, 3.63) is 23.8 Å². The van der Waals surface area contributed by atoms with Gasteiger partial charge in [0.15, 0.2) is 0 Å². The van der Waals surface area contributed by atoms with E-state index in [2.05, 4.69) is 30.0 Å². The van der Waals surface area contributed by atoms with Gasteiger partial charge in [-0.2, -0.15) is 0 Å². The highest BCUT2D eigenvalue weighted by atomic mass is 16.5. The van der Waals surface area contributed by atoms with E-state index in [0.29, 0.717) is 11.3 Å². The zero-order chi connectivity index (χ0) is 16.3. The smallest absolute Gasteiger partial charge is 0.121 e. The molecule has 126 valence electrons. The van der Waals surface area contributed by atoms with Crippen LogP contribution in [0.25, 0.3) is 0 Å². The van der Waals surface area contributed by atoms with Gasteiger partial charge in [0, 0.05) is 31.3 Å². The van der Waals surface area contributed by atoms with Gasteiger partial charge in [0.05, 0.1) is 7.11 Å². The van der Waals surface area contributed by atoms with E-state index in [1.165, 1.54) is 49.8 Å². The Balaban J connectivity index is 1.60. The van der Waals surface area contributed by atoms with E-state index < -0.39 is 0 Å². The summed E-state index contributed by atoms with van der Waals surface area (Å²) in [5, 5.41) is 0. The number of hydrogen-bond acceptors (Lipinski definition) is 3. The lowest BCUT2D eigenvalue weighted by atomic mass is 9.65. The first-order valence-electron chi connectivity index (χ1n) is 8.98. The molecule has 0 amide bonds. The summed E-state index contributed by atoms with van der Waals surface area (Å²) in [5.74, 6) is 1.60. The van der Waals surface area contributed by atoms with E-state index >= 15 is 0 Å². The molecule has 1 saturated heterocycles. The lowest BCUT2D eigenvalue weighted by Crippen LogP contribution is -2.42. The third kappa shape index (κ3) is 3.70. The summed E-state index contributed by atoms with van der Waals surface area (Å²) in [5.41, 5.74) is 3.10. The molecule has 23 heavy (non-hydrogen) atoms. The van der Waals surface area contributed by atoms with Crippen LogP contribution in [0.15, 0.2) is 18.2 Å². The fourth-order valence-electron chi connectivity index (χ4n) is 4.43. The van der Waals surface area contributed by atoms with Crippen LogP contribution in [0, 0.1) is 18.3 Å². The largest absolute Gasteiger partial charge is 0.497 e. The van der Waals surface area contributed by atoms with Crippen LogP contribution in [0.5, 0.6) is 5.75 Å². The van der Waals surface area contributed by atoms with Crippen LogP contribution in [0.2, 0.25) is 0 Å². The van der Waals surface area contributed by atoms with Crippen LogP contribution < -0.4 is 9.64 Å². The first-order chi connectivity index (χ1) is 11.1. The van der Waals surface area contributed by atoms with E-state index in [1.54, 1.807) is 7.11 Å². The number of benzene rings is 1. The van der Waals surface area contributed by atoms with Crippen molar-refractivity contribution in [3.8, 4) is 5.75 Å². The molecule has 0 radical (unpaired) electrons. The fourth-order valence-corrected chi connectivity index (χ4v) is 4.43. The lowest BCUT2D eigenvalue weighted by Gasteiger charge is -2.46. The van der Waals surface area contributed by atoms with Crippen LogP contribution in [0.1, 0.15) is 50.5 Å². The van der Waals surface area contributed by atoms with Crippen LogP contribution in [0.4, 0.5) is 5.69 Å². The molecule has 1 aromatic carbocycles. The Kier molecular flexibility index (Phi) is 4.93. The highest BCUT2D eigenvalue weighted by molar-refractivity contribution is 5.53. The highest BCUT2D eigenvalue weighted by Gasteiger charge is 2.37. The van der Waals surface area contributed by atoms with Crippen molar-refractivity contribution in [3.63, 3.8) is 0 Å². The molecule has 3 heteroatoms. The Morgan fingerprint density at radius 3 is 2.48 bits per heavy atom. The Morgan fingerprint density at radius 1 is 1.17 bits per heavy atom. The maximum Gasteiger partial charge on any atom is 0.121 e. The summed E-state index contributed by atoms with van der Waals surface area (Å²) < 4.78 is 5.42. The molecule has 0 bridgehead atoms. The standard InChI is InChI=1S/C20H29NO2/c1-16-13-18(15-19(14-16)23-2)21-10-8-20(9-11-21)6-3-17(4-7-20)5-12-22/h12-15,17H,3-11H2,1-2H3. The SMILES string of the molecule is COc1cc(C)cc(N2CCC3(CCC(CC=O)CC3)CC2)c1. The summed E-state index contributed by atoms with van der Waals surface area (Å²) in [6.45, 7) is 4.42. The molecule has 1 spiro atoms. The van der Waals surface area contributed by atoms with Gasteiger partial charge in [0.25, 0.3) is 0 Å². The van der Waals surface area contributed by atoms with E-state index in [4.69, 9.17) is 4.74 Å². The number of ether oxygens (including phenoxy) is 1. The first kappa shape index (κ1) is 16.4. The third-order valence-corrected chi connectivity index (χ3v) is 6.06. The second kappa shape index (κ2) is 6.94. The van der Waals surface area contributed by atoms with Gasteiger partial charge in [0.2, 0.25) is 0 Å². The van der Waals surface area contributed by atoms with Crippen LogP contribution >= 0.6 is 0 Å². The molecule has 1 heterocycles. The maximum atomic E-state index is 10.7. The van der Waals surface area contributed by atoms with Gasteiger partial charge < -0.3 is 14.4 Å². The molecule has 2 aliphatic rings. The fraction of sp³-hybridized carbons (Fsp3) is 0.650. The molecule has 1 aromatic rings. The predicted molar refractivity (Wildman–Crippen MR) is 94.3 cm³/mol. The molecule has 1 saturated carbocycles. The zero-order valence-corrected chi connectivity index (χ0v) is 14.5. The second-order valence-corrected chi connectivity index (χ2v) is 7.54. The molecule has 0 N–H and O–H groups in total. The quantitative estimate of drug-likeness (QED) is 0.773. The number of carbonyl (C=O) groups is 1. The second-order valence-electron chi connectivity index (χ2n) is 7.54. The predicted octanol–water partition coefficient (Wildman–Crippen LogP) is 4.37. The van der Waals surface area contributed by atoms with E-state index in [1.807, 2.05) is 0 Å². The molecule has 3 nitrogen and oxygen atoms in total. The van der Waals surface area contributed by atoms with Gasteiger partial charge in [-0.1, -0.05) is 0 Å². The average molecular weight is 315 g/mol. The van der Waals surface area contributed by atoms with Gasteiger partial charge in [-0.25, -0.2) is 0 Å². The molecule has 0 atom stereocenters. The van der Waals surface area contributed by atoms with E-state index in [0.717, 1.165) is 31.5 Å². The summed E-state index contributed by atoms with van der Waals surface area (Å²) in [7, 11) is 1.74. The minimum Gasteiger partial charge on any atom is -0.497 e. The Morgan fingerprint density at radius 2 is 1.87 bits per heavy atom. The van der Waals surface area contributed by atoms with Crippen molar-refractivity contribution >= 4 is 12.0 Å². The number of aldehydes is 1. The summed E-state index contributed by atoms with van der Waals surface area (Å²) in [4.78, 5) is 13.2. The van der Waals surface area contributed by atoms with Gasteiger partial charge in [-0.15, -0.1) is 0 Å². The number of hydrogen-bond donors (Lipinski definition) is 0. The van der Waals surface area contributed by atoms with Crippen molar-refractivity contribution in [1.29, 1.82) is 0 Å². The van der Waals surface area contributed by atoms with Crippen molar-refractivity contribution in [2.45, 2.75) is 51.9 Å². The van der Waals surface area contributed by atoms with Gasteiger partial charge in [0.1, 0.15) is 12.0 Å². The Bertz CT molecular complexity index is 537. The first-order valence-corrected chi connectivity index (χ1v) is 8.98. The van der Waals surface area contributed by atoms with Crippen LogP contribution in [-0.4, -0.2) is 26.5 Å². The topological polar surface area (TPSA) is 29.5 Å². The summed E-state index contributed by atoms with van der Waals surface area (Å²) in [6, 6.07) is 6.51. The number of nitrogens with zero attached hydrogens (tertiary/aromatic N) is 1. The molecule has 3 rings (SSSR count). The Hall–Kier alpha value is -1.51. The molecule has 1 aliphatic heterocycles. The molecule has 0 aromatic heterocycles. The third-order valence-electron chi connectivity index (χ3n) is 6.06. The minimum absolute atomic E-state index is 0.545. The van der Waals surface area contributed by atoms with Gasteiger partial charge in [-0.05, 0) is 74.5 Å². The molecular formula is C20H29NO2. The zero-order valence-electron chi connectivity index (χ0n) is 14.5. The van der Waals surface area contributed by atoms with Crippen molar-refractivity contribution in [2.75, 3.05) is 25.1 Å². The number of aryl methyl sites for hydroxylation is 1. The minimum atomic E-state index is 0.545. The molecular weight excluding hydrogens is 286 g/mol.